The van der Waals surface area contributed by atoms with Crippen LogP contribution in [-0.4, -0.2) is 19.1 Å². The number of amides is 2. The fourth-order valence-electron chi connectivity index (χ4n) is 2.68. The molecule has 0 aromatic heterocycles. The molecule has 2 aliphatic carbocycles. The molecule has 0 bridgehead atoms. The average molecular weight is 314 g/mol. The smallest absolute Gasteiger partial charge is 0.407 e. The third-order valence-electron chi connectivity index (χ3n) is 4.24. The van der Waals surface area contributed by atoms with Crippen molar-refractivity contribution in [2.45, 2.75) is 32.2 Å². The van der Waals surface area contributed by atoms with E-state index in [1.807, 2.05) is 30.3 Å². The molecule has 0 spiro atoms. The molecule has 2 fully saturated rings. The molecule has 0 atom stereocenters. The number of benzene rings is 1. The summed E-state index contributed by atoms with van der Waals surface area (Å²) in [6, 6.07) is 7.43. The van der Waals surface area contributed by atoms with Crippen LogP contribution in [0, 0.1) is 11.8 Å². The van der Waals surface area contributed by atoms with E-state index in [9.17, 15) is 9.59 Å². The van der Waals surface area contributed by atoms with Crippen LogP contribution < -0.4 is 10.6 Å². The van der Waals surface area contributed by atoms with Crippen LogP contribution in [0.25, 0.3) is 0 Å². The topological polar surface area (TPSA) is 67.4 Å². The Morgan fingerprint density at radius 1 is 1.13 bits per heavy atom. The number of allylic oxidation sites excluding steroid dienone is 1. The lowest BCUT2D eigenvalue weighted by Gasteiger charge is -2.07. The van der Waals surface area contributed by atoms with Crippen LogP contribution in [0.5, 0.6) is 0 Å². The highest BCUT2D eigenvalue weighted by Crippen LogP contribution is 2.48. The molecular formula is C18H22N2O3. The van der Waals surface area contributed by atoms with Gasteiger partial charge in [0.15, 0.2) is 0 Å². The highest BCUT2D eigenvalue weighted by Gasteiger charge is 2.36. The fourth-order valence-corrected chi connectivity index (χ4v) is 2.68. The quantitative estimate of drug-likeness (QED) is 0.792. The largest absolute Gasteiger partial charge is 0.453 e. The van der Waals surface area contributed by atoms with Gasteiger partial charge in [-0.05, 0) is 55.2 Å². The van der Waals surface area contributed by atoms with E-state index < -0.39 is 6.09 Å². The molecule has 5 heteroatoms. The standard InChI is InChI=1S/C18H22N2O3/c1-23-18(22)19-11-12-2-8-15(9-3-12)20-17(21)10-16(13-4-5-13)14-6-7-14/h2-3,8-10,13-14H,4-7,11H2,1H3,(H,19,22)(H,20,21). The van der Waals surface area contributed by atoms with Gasteiger partial charge in [0, 0.05) is 18.3 Å². The maximum absolute atomic E-state index is 12.2. The first kappa shape index (κ1) is 15.6. The Bertz CT molecular complexity index is 600. The van der Waals surface area contributed by atoms with Crippen molar-refractivity contribution in [3.8, 4) is 0 Å². The van der Waals surface area contributed by atoms with E-state index in [4.69, 9.17) is 0 Å². The highest BCUT2D eigenvalue weighted by molar-refractivity contribution is 5.99. The molecule has 2 saturated carbocycles. The van der Waals surface area contributed by atoms with Crippen LogP contribution in [0.4, 0.5) is 10.5 Å². The zero-order valence-electron chi connectivity index (χ0n) is 13.3. The number of nitrogens with one attached hydrogen (secondary N) is 2. The summed E-state index contributed by atoms with van der Waals surface area (Å²) >= 11 is 0. The summed E-state index contributed by atoms with van der Waals surface area (Å²) in [5.74, 6) is 1.26. The highest BCUT2D eigenvalue weighted by atomic mass is 16.5. The number of rotatable bonds is 6. The molecule has 0 saturated heterocycles. The number of carbonyl (C=O) groups is 2. The Hall–Kier alpha value is -2.30. The number of methoxy groups -OCH3 is 1. The van der Waals surface area contributed by atoms with Gasteiger partial charge in [-0.15, -0.1) is 0 Å². The van der Waals surface area contributed by atoms with Crippen molar-refractivity contribution in [3.05, 3.63) is 41.5 Å². The van der Waals surface area contributed by atoms with Crippen molar-refractivity contribution < 1.29 is 14.3 Å². The molecule has 5 nitrogen and oxygen atoms in total. The van der Waals surface area contributed by atoms with Gasteiger partial charge in [-0.3, -0.25) is 4.79 Å². The lowest BCUT2D eigenvalue weighted by atomic mass is 10.1. The van der Waals surface area contributed by atoms with Crippen molar-refractivity contribution >= 4 is 17.7 Å². The van der Waals surface area contributed by atoms with Crippen LogP contribution >= 0.6 is 0 Å². The number of ether oxygens (including phenoxy) is 1. The van der Waals surface area contributed by atoms with E-state index in [1.165, 1.54) is 38.4 Å². The second kappa shape index (κ2) is 6.86. The molecule has 0 unspecified atom stereocenters. The Morgan fingerprint density at radius 3 is 2.26 bits per heavy atom. The van der Waals surface area contributed by atoms with Crippen LogP contribution in [0.1, 0.15) is 31.2 Å². The van der Waals surface area contributed by atoms with Gasteiger partial charge >= 0.3 is 6.09 Å². The SMILES string of the molecule is COC(=O)NCc1ccc(NC(=O)C=C(C2CC2)C2CC2)cc1. The second-order valence-electron chi connectivity index (χ2n) is 6.22. The van der Waals surface area contributed by atoms with Crippen molar-refractivity contribution in [1.29, 1.82) is 0 Å². The summed E-state index contributed by atoms with van der Waals surface area (Å²) in [4.78, 5) is 23.2. The third-order valence-corrected chi connectivity index (χ3v) is 4.24. The first-order valence-electron chi connectivity index (χ1n) is 8.09. The zero-order valence-corrected chi connectivity index (χ0v) is 13.3. The average Bonchev–Trinajstić information content (AvgIpc) is 3.44. The molecule has 0 aliphatic heterocycles. The van der Waals surface area contributed by atoms with Crippen LogP contribution in [0.3, 0.4) is 0 Å². The Kier molecular flexibility index (Phi) is 4.65. The van der Waals surface area contributed by atoms with Gasteiger partial charge in [0.2, 0.25) is 5.91 Å². The van der Waals surface area contributed by atoms with Gasteiger partial charge < -0.3 is 15.4 Å². The minimum atomic E-state index is -0.458. The van der Waals surface area contributed by atoms with Gasteiger partial charge in [-0.2, -0.15) is 0 Å². The van der Waals surface area contributed by atoms with Crippen LogP contribution in [0.15, 0.2) is 35.9 Å². The molecular weight excluding hydrogens is 292 g/mol. The molecule has 23 heavy (non-hydrogen) atoms. The predicted octanol–water partition coefficient (Wildman–Crippen LogP) is 3.23. The van der Waals surface area contributed by atoms with Crippen LogP contribution in [0.2, 0.25) is 0 Å². The van der Waals surface area contributed by atoms with Crippen LogP contribution in [-0.2, 0) is 16.1 Å². The second-order valence-corrected chi connectivity index (χ2v) is 6.22. The Balaban J connectivity index is 1.54. The maximum atomic E-state index is 12.2. The molecule has 0 radical (unpaired) electrons. The van der Waals surface area contributed by atoms with Crippen molar-refractivity contribution in [2.24, 2.45) is 11.8 Å². The summed E-state index contributed by atoms with van der Waals surface area (Å²) in [6.07, 6.45) is 6.28. The molecule has 122 valence electrons. The van der Waals surface area contributed by atoms with Gasteiger partial charge in [-0.25, -0.2) is 4.79 Å². The minimum absolute atomic E-state index is 0.0424. The summed E-state index contributed by atoms with van der Waals surface area (Å²) < 4.78 is 4.52. The van der Waals surface area contributed by atoms with Crippen molar-refractivity contribution in [1.82, 2.24) is 5.32 Å². The molecule has 1 aromatic carbocycles. The molecule has 2 amide bonds. The number of hydrogen-bond acceptors (Lipinski definition) is 3. The van der Waals surface area contributed by atoms with E-state index >= 15 is 0 Å². The Labute approximate surface area is 136 Å². The number of anilines is 1. The normalized spacial score (nSPS) is 16.4. The Morgan fingerprint density at radius 2 is 1.74 bits per heavy atom. The lowest BCUT2D eigenvalue weighted by Crippen LogP contribution is -2.22. The first-order chi connectivity index (χ1) is 11.2. The van der Waals surface area contributed by atoms with Crippen molar-refractivity contribution in [2.75, 3.05) is 12.4 Å². The lowest BCUT2D eigenvalue weighted by molar-refractivity contribution is -0.112. The maximum Gasteiger partial charge on any atom is 0.407 e. The summed E-state index contributed by atoms with van der Waals surface area (Å²) in [5.41, 5.74) is 3.06. The third kappa shape index (κ3) is 4.58. The number of hydrogen-bond donors (Lipinski definition) is 2. The zero-order chi connectivity index (χ0) is 16.2. The van der Waals surface area contributed by atoms with Gasteiger partial charge in [0.1, 0.15) is 0 Å². The van der Waals surface area contributed by atoms with E-state index in [0.29, 0.717) is 18.4 Å². The van der Waals surface area contributed by atoms with E-state index in [1.54, 1.807) is 0 Å². The molecule has 3 rings (SSSR count). The van der Waals surface area contributed by atoms with Crippen molar-refractivity contribution in [3.63, 3.8) is 0 Å². The monoisotopic (exact) mass is 314 g/mol. The van der Waals surface area contributed by atoms with Gasteiger partial charge in [-0.1, -0.05) is 17.7 Å². The summed E-state index contributed by atoms with van der Waals surface area (Å²) in [7, 11) is 1.33. The summed E-state index contributed by atoms with van der Waals surface area (Å²) in [5, 5.41) is 5.53. The van der Waals surface area contributed by atoms with Gasteiger partial charge in [0.25, 0.3) is 0 Å². The van der Waals surface area contributed by atoms with Gasteiger partial charge in [0.05, 0.1) is 7.11 Å². The number of alkyl carbamates (subject to hydrolysis) is 1. The fraction of sp³-hybridized carbons (Fsp3) is 0.444. The summed E-state index contributed by atoms with van der Waals surface area (Å²) in [6.45, 7) is 0.397. The first-order valence-corrected chi connectivity index (χ1v) is 8.09. The molecule has 2 aliphatic rings. The van der Waals surface area contributed by atoms with E-state index in [2.05, 4.69) is 15.4 Å². The molecule has 1 aromatic rings. The van der Waals surface area contributed by atoms with E-state index in [0.717, 1.165) is 11.3 Å². The number of carbonyl (C=O) groups excluding carboxylic acids is 2. The predicted molar refractivity (Wildman–Crippen MR) is 87.8 cm³/mol. The molecule has 2 N–H and O–H groups in total. The molecule has 0 heterocycles. The minimum Gasteiger partial charge on any atom is -0.453 e. The van der Waals surface area contributed by atoms with E-state index in [-0.39, 0.29) is 5.91 Å².